The molecule has 0 aliphatic rings. The van der Waals surface area contributed by atoms with Crippen LogP contribution in [0.5, 0.6) is 5.75 Å². The SMILES string of the molecule is COc1cccc(C(=O)NCC(=O)NCCc2ccccc2F)c1. The van der Waals surface area contributed by atoms with Crippen LogP contribution in [0.1, 0.15) is 15.9 Å². The number of hydrogen-bond acceptors (Lipinski definition) is 3. The summed E-state index contributed by atoms with van der Waals surface area (Å²) in [6.07, 6.45) is 0.391. The lowest BCUT2D eigenvalue weighted by atomic mass is 10.1. The fraction of sp³-hybridized carbons (Fsp3) is 0.222. The third-order valence-corrected chi connectivity index (χ3v) is 3.42. The molecule has 5 nitrogen and oxygen atoms in total. The summed E-state index contributed by atoms with van der Waals surface area (Å²) in [7, 11) is 1.51. The number of halogens is 1. The number of rotatable bonds is 7. The van der Waals surface area contributed by atoms with Crippen LogP contribution in [0.4, 0.5) is 4.39 Å². The van der Waals surface area contributed by atoms with E-state index < -0.39 is 0 Å². The number of benzene rings is 2. The molecule has 0 aliphatic heterocycles. The lowest BCUT2D eigenvalue weighted by Crippen LogP contribution is -2.37. The van der Waals surface area contributed by atoms with Gasteiger partial charge in [-0.15, -0.1) is 0 Å². The average Bonchev–Trinajstić information content (AvgIpc) is 2.61. The summed E-state index contributed by atoms with van der Waals surface area (Å²) in [4.78, 5) is 23.7. The Morgan fingerprint density at radius 3 is 2.62 bits per heavy atom. The molecule has 6 heteroatoms. The van der Waals surface area contributed by atoms with Gasteiger partial charge in [0.15, 0.2) is 0 Å². The number of carbonyl (C=O) groups is 2. The summed E-state index contributed by atoms with van der Waals surface area (Å²) >= 11 is 0. The summed E-state index contributed by atoms with van der Waals surface area (Å²) in [6, 6.07) is 13.1. The summed E-state index contributed by atoms with van der Waals surface area (Å²) < 4.78 is 18.5. The van der Waals surface area contributed by atoms with Gasteiger partial charge in [0.2, 0.25) is 5.91 Å². The van der Waals surface area contributed by atoms with E-state index in [0.717, 1.165) is 0 Å². The number of nitrogens with one attached hydrogen (secondary N) is 2. The maximum Gasteiger partial charge on any atom is 0.251 e. The first-order chi connectivity index (χ1) is 11.6. The zero-order valence-corrected chi connectivity index (χ0v) is 13.3. The Morgan fingerprint density at radius 2 is 1.88 bits per heavy atom. The minimum absolute atomic E-state index is 0.146. The molecule has 0 saturated heterocycles. The van der Waals surface area contributed by atoms with Crippen LogP contribution < -0.4 is 15.4 Å². The van der Waals surface area contributed by atoms with E-state index >= 15 is 0 Å². The van der Waals surface area contributed by atoms with Gasteiger partial charge in [0.1, 0.15) is 11.6 Å². The monoisotopic (exact) mass is 330 g/mol. The van der Waals surface area contributed by atoms with Crippen molar-refractivity contribution in [1.82, 2.24) is 10.6 Å². The van der Waals surface area contributed by atoms with Crippen LogP contribution >= 0.6 is 0 Å². The van der Waals surface area contributed by atoms with Gasteiger partial charge in [-0.25, -0.2) is 4.39 Å². The van der Waals surface area contributed by atoms with Crippen LogP contribution in [0.15, 0.2) is 48.5 Å². The van der Waals surface area contributed by atoms with Gasteiger partial charge < -0.3 is 15.4 Å². The summed E-state index contributed by atoms with van der Waals surface area (Å²) in [5, 5.41) is 5.17. The fourth-order valence-electron chi connectivity index (χ4n) is 2.13. The lowest BCUT2D eigenvalue weighted by Gasteiger charge is -2.08. The van der Waals surface area contributed by atoms with Gasteiger partial charge in [-0.1, -0.05) is 24.3 Å². The first-order valence-electron chi connectivity index (χ1n) is 7.52. The number of hydrogen-bond donors (Lipinski definition) is 2. The van der Waals surface area contributed by atoms with E-state index in [1.165, 1.54) is 13.2 Å². The molecule has 0 heterocycles. The molecule has 2 aromatic rings. The van der Waals surface area contributed by atoms with Crippen molar-refractivity contribution >= 4 is 11.8 Å². The van der Waals surface area contributed by atoms with E-state index in [0.29, 0.717) is 29.8 Å². The number of methoxy groups -OCH3 is 1. The van der Waals surface area contributed by atoms with E-state index in [-0.39, 0.29) is 24.2 Å². The van der Waals surface area contributed by atoms with Crippen LogP contribution in [0, 0.1) is 5.82 Å². The molecular formula is C18H19FN2O3. The molecule has 0 saturated carbocycles. The minimum Gasteiger partial charge on any atom is -0.497 e. The molecule has 0 radical (unpaired) electrons. The second-order valence-corrected chi connectivity index (χ2v) is 5.11. The Kier molecular flexibility index (Phi) is 6.31. The molecule has 0 unspecified atom stereocenters. The Hall–Kier alpha value is -2.89. The van der Waals surface area contributed by atoms with Crippen LogP contribution in [0.25, 0.3) is 0 Å². The second-order valence-electron chi connectivity index (χ2n) is 5.11. The van der Waals surface area contributed by atoms with Gasteiger partial charge in [0.05, 0.1) is 13.7 Å². The molecular weight excluding hydrogens is 311 g/mol. The van der Waals surface area contributed by atoms with Crippen molar-refractivity contribution in [3.63, 3.8) is 0 Å². The number of ether oxygens (including phenoxy) is 1. The highest BCUT2D eigenvalue weighted by molar-refractivity contribution is 5.96. The van der Waals surface area contributed by atoms with Gasteiger partial charge in [-0.3, -0.25) is 9.59 Å². The first-order valence-corrected chi connectivity index (χ1v) is 7.52. The normalized spacial score (nSPS) is 10.1. The molecule has 0 spiro atoms. The van der Waals surface area contributed by atoms with Gasteiger partial charge in [0, 0.05) is 12.1 Å². The van der Waals surface area contributed by atoms with Gasteiger partial charge in [0.25, 0.3) is 5.91 Å². The van der Waals surface area contributed by atoms with Gasteiger partial charge in [-0.2, -0.15) is 0 Å². The molecule has 0 aliphatic carbocycles. The van der Waals surface area contributed by atoms with Gasteiger partial charge >= 0.3 is 0 Å². The van der Waals surface area contributed by atoms with E-state index in [1.807, 2.05) is 0 Å². The third kappa shape index (κ3) is 5.08. The van der Waals surface area contributed by atoms with Crippen molar-refractivity contribution in [1.29, 1.82) is 0 Å². The molecule has 0 fully saturated rings. The summed E-state index contributed by atoms with van der Waals surface area (Å²) in [5.74, 6) is -0.421. The fourth-order valence-corrected chi connectivity index (χ4v) is 2.13. The molecule has 0 atom stereocenters. The molecule has 24 heavy (non-hydrogen) atoms. The highest BCUT2D eigenvalue weighted by Crippen LogP contribution is 2.12. The predicted molar refractivity (Wildman–Crippen MR) is 88.4 cm³/mol. The average molecular weight is 330 g/mol. The van der Waals surface area contributed by atoms with Crippen LogP contribution in [-0.4, -0.2) is 32.0 Å². The molecule has 0 bridgehead atoms. The number of amides is 2. The molecule has 2 N–H and O–H groups in total. The Balaban J connectivity index is 1.74. The van der Waals surface area contributed by atoms with Crippen molar-refractivity contribution < 1.29 is 18.7 Å². The molecule has 0 aromatic heterocycles. The van der Waals surface area contributed by atoms with Gasteiger partial charge in [-0.05, 0) is 36.2 Å². The minimum atomic E-state index is -0.363. The maximum absolute atomic E-state index is 13.4. The van der Waals surface area contributed by atoms with Crippen molar-refractivity contribution in [2.24, 2.45) is 0 Å². The van der Waals surface area contributed by atoms with Crippen molar-refractivity contribution in [2.45, 2.75) is 6.42 Å². The zero-order valence-electron chi connectivity index (χ0n) is 13.3. The third-order valence-electron chi connectivity index (χ3n) is 3.42. The van der Waals surface area contributed by atoms with E-state index in [9.17, 15) is 14.0 Å². The Bertz CT molecular complexity index is 719. The quantitative estimate of drug-likeness (QED) is 0.815. The van der Waals surface area contributed by atoms with E-state index in [2.05, 4.69) is 10.6 Å². The number of carbonyl (C=O) groups excluding carboxylic acids is 2. The largest absolute Gasteiger partial charge is 0.497 e. The van der Waals surface area contributed by atoms with Crippen molar-refractivity contribution in [3.05, 3.63) is 65.5 Å². The molecule has 2 rings (SSSR count). The predicted octanol–water partition coefficient (Wildman–Crippen LogP) is 1.92. The molecule has 2 amide bonds. The molecule has 2 aromatic carbocycles. The summed E-state index contributed by atoms with van der Waals surface area (Å²) in [5.41, 5.74) is 0.951. The Morgan fingerprint density at radius 1 is 1.08 bits per heavy atom. The summed E-state index contributed by atoms with van der Waals surface area (Å²) in [6.45, 7) is 0.155. The second kappa shape index (κ2) is 8.67. The van der Waals surface area contributed by atoms with Crippen LogP contribution in [-0.2, 0) is 11.2 Å². The zero-order chi connectivity index (χ0) is 17.4. The highest BCUT2D eigenvalue weighted by Gasteiger charge is 2.09. The van der Waals surface area contributed by atoms with Crippen LogP contribution in [0.3, 0.4) is 0 Å². The highest BCUT2D eigenvalue weighted by atomic mass is 19.1. The van der Waals surface area contributed by atoms with E-state index in [1.54, 1.807) is 42.5 Å². The topological polar surface area (TPSA) is 67.4 Å². The van der Waals surface area contributed by atoms with E-state index in [4.69, 9.17) is 4.74 Å². The smallest absolute Gasteiger partial charge is 0.251 e. The molecule has 126 valence electrons. The Labute approximate surface area is 139 Å². The standard InChI is InChI=1S/C18H19FN2O3/c1-24-15-7-4-6-14(11-15)18(23)21-12-17(22)20-10-9-13-5-2-3-8-16(13)19/h2-8,11H,9-10,12H2,1H3,(H,20,22)(H,21,23). The first kappa shape index (κ1) is 17.5. The van der Waals surface area contributed by atoms with Crippen molar-refractivity contribution in [3.8, 4) is 5.75 Å². The maximum atomic E-state index is 13.4. The van der Waals surface area contributed by atoms with Crippen LogP contribution in [0.2, 0.25) is 0 Å². The lowest BCUT2D eigenvalue weighted by molar-refractivity contribution is -0.120. The van der Waals surface area contributed by atoms with Crippen molar-refractivity contribution in [2.75, 3.05) is 20.2 Å².